The van der Waals surface area contributed by atoms with Crippen molar-refractivity contribution in [3.63, 3.8) is 0 Å². The molecule has 2 aliphatic rings. The van der Waals surface area contributed by atoms with Gasteiger partial charge in [-0.2, -0.15) is 5.26 Å². The van der Waals surface area contributed by atoms with Crippen LogP contribution in [0, 0.1) is 11.3 Å². The van der Waals surface area contributed by atoms with Gasteiger partial charge in [-0.15, -0.1) is 0 Å². The standard InChI is InChI=1S/C22H22N4O5/c23-15-16-3-5-17(6-4-16)26-20(27)14-18(21(26)28)25(22(29)19-2-1-11-31-19)8-7-24-9-12-30-13-10-24/h1-6,11,18H,7-10,12-14H2. The Morgan fingerprint density at radius 1 is 1.16 bits per heavy atom. The summed E-state index contributed by atoms with van der Waals surface area (Å²) in [6.07, 6.45) is 1.30. The number of benzene rings is 1. The first kappa shape index (κ1) is 20.8. The van der Waals surface area contributed by atoms with E-state index in [4.69, 9.17) is 14.4 Å². The molecule has 0 aliphatic carbocycles. The molecular weight excluding hydrogens is 400 g/mol. The van der Waals surface area contributed by atoms with Crippen LogP contribution >= 0.6 is 0 Å². The van der Waals surface area contributed by atoms with Crippen LogP contribution in [0.4, 0.5) is 5.69 Å². The van der Waals surface area contributed by atoms with Crippen molar-refractivity contribution >= 4 is 23.4 Å². The molecule has 9 heteroatoms. The minimum absolute atomic E-state index is 0.103. The molecule has 3 heterocycles. The van der Waals surface area contributed by atoms with Gasteiger partial charge in [-0.05, 0) is 36.4 Å². The maximum absolute atomic E-state index is 13.2. The van der Waals surface area contributed by atoms with Crippen molar-refractivity contribution in [2.45, 2.75) is 12.5 Å². The predicted octanol–water partition coefficient (Wildman–Crippen LogP) is 1.26. The number of hydrogen-bond acceptors (Lipinski definition) is 7. The van der Waals surface area contributed by atoms with Crippen LogP contribution in [0.3, 0.4) is 0 Å². The minimum Gasteiger partial charge on any atom is -0.459 e. The first-order valence-electron chi connectivity index (χ1n) is 10.1. The number of imide groups is 1. The summed E-state index contributed by atoms with van der Waals surface area (Å²) < 4.78 is 10.6. The molecule has 2 aromatic rings. The second kappa shape index (κ2) is 9.12. The summed E-state index contributed by atoms with van der Waals surface area (Å²) in [6.45, 7) is 3.59. The fourth-order valence-corrected chi connectivity index (χ4v) is 3.83. The highest BCUT2D eigenvalue weighted by Crippen LogP contribution is 2.27. The Kier molecular flexibility index (Phi) is 6.11. The van der Waals surface area contributed by atoms with Gasteiger partial charge in [0.25, 0.3) is 11.8 Å². The molecule has 2 fully saturated rings. The Labute approximate surface area is 179 Å². The van der Waals surface area contributed by atoms with Gasteiger partial charge in [-0.25, -0.2) is 4.90 Å². The molecule has 0 N–H and O–H groups in total. The van der Waals surface area contributed by atoms with Crippen LogP contribution in [0.1, 0.15) is 22.5 Å². The SMILES string of the molecule is N#Cc1ccc(N2C(=O)CC(N(CCN3CCOCC3)C(=O)c3ccco3)C2=O)cc1. The number of amides is 3. The lowest BCUT2D eigenvalue weighted by Gasteiger charge is -2.31. The fraction of sp³-hybridized carbons (Fsp3) is 0.364. The maximum atomic E-state index is 13.2. The lowest BCUT2D eigenvalue weighted by Crippen LogP contribution is -2.49. The Balaban J connectivity index is 1.56. The average molecular weight is 422 g/mol. The van der Waals surface area contributed by atoms with E-state index in [1.54, 1.807) is 36.4 Å². The molecule has 160 valence electrons. The molecule has 31 heavy (non-hydrogen) atoms. The van der Waals surface area contributed by atoms with Crippen LogP contribution in [-0.2, 0) is 14.3 Å². The van der Waals surface area contributed by atoms with Crippen LogP contribution in [0.25, 0.3) is 0 Å². The van der Waals surface area contributed by atoms with Crippen LogP contribution < -0.4 is 4.90 Å². The zero-order valence-corrected chi connectivity index (χ0v) is 16.9. The lowest BCUT2D eigenvalue weighted by atomic mass is 10.2. The van der Waals surface area contributed by atoms with Gasteiger partial charge in [-0.3, -0.25) is 19.3 Å². The summed E-state index contributed by atoms with van der Waals surface area (Å²) >= 11 is 0. The van der Waals surface area contributed by atoms with Crippen molar-refractivity contribution in [2.24, 2.45) is 0 Å². The molecule has 2 saturated heterocycles. The molecule has 0 bridgehead atoms. The van der Waals surface area contributed by atoms with Gasteiger partial charge < -0.3 is 14.1 Å². The maximum Gasteiger partial charge on any atom is 0.290 e. The molecule has 1 unspecified atom stereocenters. The number of carbonyl (C=O) groups is 3. The fourth-order valence-electron chi connectivity index (χ4n) is 3.83. The van der Waals surface area contributed by atoms with Crippen LogP contribution in [-0.4, -0.2) is 73.0 Å². The van der Waals surface area contributed by atoms with Gasteiger partial charge in [-0.1, -0.05) is 0 Å². The van der Waals surface area contributed by atoms with Gasteiger partial charge in [0.15, 0.2) is 5.76 Å². The van der Waals surface area contributed by atoms with Gasteiger partial charge in [0.05, 0.1) is 43.2 Å². The average Bonchev–Trinajstić information content (AvgIpc) is 3.43. The van der Waals surface area contributed by atoms with Gasteiger partial charge in [0.1, 0.15) is 6.04 Å². The van der Waals surface area contributed by atoms with Gasteiger partial charge >= 0.3 is 0 Å². The van der Waals surface area contributed by atoms with E-state index >= 15 is 0 Å². The normalized spacial score (nSPS) is 19.5. The third kappa shape index (κ3) is 4.35. The smallest absolute Gasteiger partial charge is 0.290 e. The zero-order valence-electron chi connectivity index (χ0n) is 16.9. The molecule has 0 saturated carbocycles. The third-order valence-electron chi connectivity index (χ3n) is 5.51. The Bertz CT molecular complexity index is 990. The number of morpholine rings is 1. The first-order valence-corrected chi connectivity index (χ1v) is 10.1. The van der Waals surface area contributed by atoms with E-state index in [0.717, 1.165) is 18.0 Å². The minimum atomic E-state index is -0.915. The molecule has 0 spiro atoms. The quantitative estimate of drug-likeness (QED) is 0.645. The Hall–Kier alpha value is -3.48. The molecule has 1 atom stereocenters. The van der Waals surface area contributed by atoms with Crippen molar-refractivity contribution in [1.29, 1.82) is 5.26 Å². The molecule has 3 amide bonds. The van der Waals surface area contributed by atoms with E-state index in [-0.39, 0.29) is 24.6 Å². The third-order valence-corrected chi connectivity index (χ3v) is 5.51. The number of nitriles is 1. The number of ether oxygens (including phenoxy) is 1. The van der Waals surface area contributed by atoms with E-state index in [0.29, 0.717) is 31.0 Å². The van der Waals surface area contributed by atoms with E-state index in [1.807, 2.05) is 6.07 Å². The molecule has 9 nitrogen and oxygen atoms in total. The van der Waals surface area contributed by atoms with E-state index in [9.17, 15) is 14.4 Å². The summed E-state index contributed by atoms with van der Waals surface area (Å²) in [5.41, 5.74) is 0.814. The largest absolute Gasteiger partial charge is 0.459 e. The summed E-state index contributed by atoms with van der Waals surface area (Å²) in [4.78, 5) is 43.7. The molecular formula is C22H22N4O5. The van der Waals surface area contributed by atoms with Crippen molar-refractivity contribution in [3.8, 4) is 6.07 Å². The molecule has 0 radical (unpaired) electrons. The van der Waals surface area contributed by atoms with Crippen LogP contribution in [0.15, 0.2) is 47.1 Å². The summed E-state index contributed by atoms with van der Waals surface area (Å²) in [5, 5.41) is 8.97. The van der Waals surface area contributed by atoms with Crippen LogP contribution in [0.5, 0.6) is 0 Å². The molecule has 4 rings (SSSR count). The van der Waals surface area contributed by atoms with Gasteiger partial charge in [0, 0.05) is 26.2 Å². The number of carbonyl (C=O) groups excluding carboxylic acids is 3. The Morgan fingerprint density at radius 3 is 2.55 bits per heavy atom. The Morgan fingerprint density at radius 2 is 1.90 bits per heavy atom. The summed E-state index contributed by atoms with van der Waals surface area (Å²) in [5.74, 6) is -1.15. The topological polar surface area (TPSA) is 107 Å². The number of hydrogen-bond donors (Lipinski definition) is 0. The van der Waals surface area contributed by atoms with E-state index in [2.05, 4.69) is 4.90 Å². The monoisotopic (exact) mass is 422 g/mol. The second-order valence-corrected chi connectivity index (χ2v) is 7.38. The first-order chi connectivity index (χ1) is 15.1. The highest BCUT2D eigenvalue weighted by atomic mass is 16.5. The highest BCUT2D eigenvalue weighted by molar-refractivity contribution is 6.23. The second-order valence-electron chi connectivity index (χ2n) is 7.38. The number of furan rings is 1. The highest BCUT2D eigenvalue weighted by Gasteiger charge is 2.45. The molecule has 1 aromatic heterocycles. The predicted molar refractivity (Wildman–Crippen MR) is 109 cm³/mol. The van der Waals surface area contributed by atoms with Gasteiger partial charge in [0.2, 0.25) is 5.91 Å². The summed E-state index contributed by atoms with van der Waals surface area (Å²) in [7, 11) is 0. The van der Waals surface area contributed by atoms with Crippen LogP contribution in [0.2, 0.25) is 0 Å². The van der Waals surface area contributed by atoms with Crippen molar-refractivity contribution in [3.05, 3.63) is 54.0 Å². The van der Waals surface area contributed by atoms with Crippen molar-refractivity contribution in [1.82, 2.24) is 9.80 Å². The van der Waals surface area contributed by atoms with E-state index in [1.165, 1.54) is 11.2 Å². The summed E-state index contributed by atoms with van der Waals surface area (Å²) in [6, 6.07) is 10.5. The molecule has 2 aliphatic heterocycles. The lowest BCUT2D eigenvalue weighted by molar-refractivity contribution is -0.122. The van der Waals surface area contributed by atoms with Crippen molar-refractivity contribution in [2.75, 3.05) is 44.3 Å². The number of anilines is 1. The van der Waals surface area contributed by atoms with E-state index < -0.39 is 17.9 Å². The number of rotatable bonds is 6. The van der Waals surface area contributed by atoms with Crippen molar-refractivity contribution < 1.29 is 23.5 Å². The zero-order chi connectivity index (χ0) is 21.8. The number of nitrogens with zero attached hydrogens (tertiary/aromatic N) is 4. The molecule has 1 aromatic carbocycles.